The first kappa shape index (κ1) is 31.7. The molecule has 2 heteroatoms. The maximum absolute atomic E-state index is 10.8. The highest BCUT2D eigenvalue weighted by Gasteiger charge is 2.30. The largest absolute Gasteiger partial charge is 0.478 e. The minimum absolute atomic E-state index is 0.254. The van der Waals surface area contributed by atoms with Crippen molar-refractivity contribution in [2.24, 2.45) is 5.41 Å². The van der Waals surface area contributed by atoms with Crippen LogP contribution in [-0.2, 0) is 4.79 Å². The Morgan fingerprint density at radius 1 is 0.889 bits per heavy atom. The topological polar surface area (TPSA) is 37.3 Å². The van der Waals surface area contributed by atoms with Crippen LogP contribution in [0.1, 0.15) is 119 Å². The van der Waals surface area contributed by atoms with Crippen molar-refractivity contribution in [3.8, 4) is 0 Å². The molecule has 1 aliphatic rings. The van der Waals surface area contributed by atoms with E-state index in [4.69, 9.17) is 5.11 Å². The molecular weight excluding hydrogens is 440 g/mol. The number of unbranched alkanes of at least 4 members (excludes halogenated alkanes) is 6. The zero-order chi connectivity index (χ0) is 27.0. The first-order valence-electron chi connectivity index (χ1n) is 14.1. The average molecular weight is 493 g/mol. The molecule has 200 valence electrons. The Labute approximate surface area is 222 Å². The SMILES string of the molecule is CCCCCCCCC\C(=C/C(C)=C/C=C/C(C)=C/C=C\C=C(\C)C(=O)O)C1=C(C)CCCC1(C)C. The van der Waals surface area contributed by atoms with Gasteiger partial charge in [0, 0.05) is 5.57 Å². The van der Waals surface area contributed by atoms with E-state index in [1.165, 1.54) is 76.2 Å². The zero-order valence-corrected chi connectivity index (χ0v) is 24.3. The molecule has 36 heavy (non-hydrogen) atoms. The van der Waals surface area contributed by atoms with E-state index in [-0.39, 0.29) is 5.41 Å². The van der Waals surface area contributed by atoms with Gasteiger partial charge in [-0.1, -0.05) is 125 Å². The Morgan fingerprint density at radius 3 is 2.14 bits per heavy atom. The smallest absolute Gasteiger partial charge is 0.331 e. The van der Waals surface area contributed by atoms with E-state index < -0.39 is 5.97 Å². The molecule has 0 saturated heterocycles. The highest BCUT2D eigenvalue weighted by molar-refractivity contribution is 5.86. The van der Waals surface area contributed by atoms with Gasteiger partial charge in [0.05, 0.1) is 0 Å². The second kappa shape index (κ2) is 17.2. The molecule has 0 spiro atoms. The summed E-state index contributed by atoms with van der Waals surface area (Å²) in [6.07, 6.45) is 30.5. The van der Waals surface area contributed by atoms with Gasteiger partial charge in [-0.15, -0.1) is 0 Å². The standard InChI is InChI=1S/C34H52O2/c1-8-9-10-11-12-13-14-24-31(32-29(4)23-18-25-34(32,6)7)26-28(3)21-17-20-27(2)19-15-16-22-30(5)33(35)36/h15-17,19-22,26H,8-14,18,23-25H2,1-7H3,(H,35,36)/b16-15-,20-17+,27-19+,28-21+,30-22-,31-26+. The van der Waals surface area contributed by atoms with Crippen LogP contribution in [0.5, 0.6) is 0 Å². The van der Waals surface area contributed by atoms with Crippen LogP contribution in [0.25, 0.3) is 0 Å². The molecule has 0 atom stereocenters. The number of carbonyl (C=O) groups is 1. The van der Waals surface area contributed by atoms with E-state index in [2.05, 4.69) is 65.8 Å². The lowest BCUT2D eigenvalue weighted by Gasteiger charge is -2.36. The lowest BCUT2D eigenvalue weighted by atomic mass is 9.69. The van der Waals surface area contributed by atoms with E-state index in [0.29, 0.717) is 5.57 Å². The Bertz CT molecular complexity index is 913. The van der Waals surface area contributed by atoms with Crippen LogP contribution in [0.4, 0.5) is 0 Å². The monoisotopic (exact) mass is 492 g/mol. The molecule has 0 unspecified atom stereocenters. The first-order valence-corrected chi connectivity index (χ1v) is 14.1. The minimum Gasteiger partial charge on any atom is -0.478 e. The molecule has 0 aromatic rings. The highest BCUT2D eigenvalue weighted by Crippen LogP contribution is 2.45. The van der Waals surface area contributed by atoms with Crippen molar-refractivity contribution in [1.82, 2.24) is 0 Å². The summed E-state index contributed by atoms with van der Waals surface area (Å²) in [6.45, 7) is 15.3. The highest BCUT2D eigenvalue weighted by atomic mass is 16.4. The van der Waals surface area contributed by atoms with E-state index >= 15 is 0 Å². The Hall–Kier alpha value is -2.35. The van der Waals surface area contributed by atoms with Crippen molar-refractivity contribution in [2.45, 2.75) is 119 Å². The van der Waals surface area contributed by atoms with Crippen molar-refractivity contribution in [3.05, 3.63) is 82.0 Å². The van der Waals surface area contributed by atoms with Crippen molar-refractivity contribution >= 4 is 5.97 Å². The molecule has 0 fully saturated rings. The molecule has 1 N–H and O–H groups in total. The zero-order valence-electron chi connectivity index (χ0n) is 24.3. The van der Waals surface area contributed by atoms with Crippen LogP contribution in [0, 0.1) is 5.41 Å². The Kier molecular flexibility index (Phi) is 15.1. The van der Waals surface area contributed by atoms with Gasteiger partial charge in [-0.2, -0.15) is 0 Å². The van der Waals surface area contributed by atoms with Gasteiger partial charge in [-0.25, -0.2) is 4.79 Å². The van der Waals surface area contributed by atoms with Crippen LogP contribution in [-0.4, -0.2) is 11.1 Å². The molecule has 0 amide bonds. The van der Waals surface area contributed by atoms with Gasteiger partial charge in [0.1, 0.15) is 0 Å². The second-order valence-electron chi connectivity index (χ2n) is 11.2. The second-order valence-corrected chi connectivity index (χ2v) is 11.2. The van der Waals surface area contributed by atoms with Gasteiger partial charge in [0.25, 0.3) is 0 Å². The summed E-state index contributed by atoms with van der Waals surface area (Å²) in [4.78, 5) is 10.8. The predicted molar refractivity (Wildman–Crippen MR) is 158 cm³/mol. The van der Waals surface area contributed by atoms with Crippen molar-refractivity contribution in [2.75, 3.05) is 0 Å². The van der Waals surface area contributed by atoms with Crippen LogP contribution in [0.15, 0.2) is 82.0 Å². The van der Waals surface area contributed by atoms with E-state index in [1.807, 2.05) is 12.2 Å². The number of allylic oxidation sites excluding steroid dienone is 13. The maximum atomic E-state index is 10.8. The lowest BCUT2D eigenvalue weighted by Crippen LogP contribution is -2.22. The molecule has 2 nitrogen and oxygen atoms in total. The van der Waals surface area contributed by atoms with Crippen LogP contribution < -0.4 is 0 Å². The molecule has 0 aromatic heterocycles. The van der Waals surface area contributed by atoms with E-state index in [1.54, 1.807) is 35.8 Å². The van der Waals surface area contributed by atoms with Crippen molar-refractivity contribution in [3.63, 3.8) is 0 Å². The number of hydrogen-bond donors (Lipinski definition) is 1. The van der Waals surface area contributed by atoms with Gasteiger partial charge < -0.3 is 5.11 Å². The molecule has 0 saturated carbocycles. The van der Waals surface area contributed by atoms with Gasteiger partial charge in [0.15, 0.2) is 0 Å². The number of carboxylic acids is 1. The summed E-state index contributed by atoms with van der Waals surface area (Å²) in [5.74, 6) is -0.886. The summed E-state index contributed by atoms with van der Waals surface area (Å²) in [5, 5.41) is 8.90. The quantitative estimate of drug-likeness (QED) is 0.140. The van der Waals surface area contributed by atoms with Crippen LogP contribution >= 0.6 is 0 Å². The molecule has 0 aromatic carbocycles. The van der Waals surface area contributed by atoms with Gasteiger partial charge >= 0.3 is 5.97 Å². The van der Waals surface area contributed by atoms with E-state index in [9.17, 15) is 4.79 Å². The lowest BCUT2D eigenvalue weighted by molar-refractivity contribution is -0.132. The fraction of sp³-hybridized carbons (Fsp3) is 0.559. The summed E-state index contributed by atoms with van der Waals surface area (Å²) in [7, 11) is 0. The molecule has 0 heterocycles. The summed E-state index contributed by atoms with van der Waals surface area (Å²) < 4.78 is 0. The van der Waals surface area contributed by atoms with Crippen LogP contribution in [0.2, 0.25) is 0 Å². The third-order valence-electron chi connectivity index (χ3n) is 7.10. The molecule has 1 aliphatic carbocycles. The van der Waals surface area contributed by atoms with Gasteiger partial charge in [-0.05, 0) is 76.4 Å². The summed E-state index contributed by atoms with van der Waals surface area (Å²) >= 11 is 0. The summed E-state index contributed by atoms with van der Waals surface area (Å²) in [6, 6.07) is 0. The molecule has 1 rings (SSSR count). The average Bonchev–Trinajstić information content (AvgIpc) is 2.80. The normalized spacial score (nSPS) is 18.1. The third kappa shape index (κ3) is 12.6. The number of hydrogen-bond acceptors (Lipinski definition) is 1. The fourth-order valence-electron chi connectivity index (χ4n) is 5.08. The molecule has 0 radical (unpaired) electrons. The third-order valence-corrected chi connectivity index (χ3v) is 7.10. The first-order chi connectivity index (χ1) is 17.1. The number of carboxylic acid groups (broad SMARTS) is 1. The van der Waals surface area contributed by atoms with Crippen molar-refractivity contribution in [1.29, 1.82) is 0 Å². The van der Waals surface area contributed by atoms with Gasteiger partial charge in [-0.3, -0.25) is 0 Å². The predicted octanol–water partition coefficient (Wildman–Crippen LogP) is 10.6. The number of aliphatic carboxylic acids is 1. The molecular formula is C34H52O2. The summed E-state index contributed by atoms with van der Waals surface area (Å²) in [5.41, 5.74) is 7.74. The van der Waals surface area contributed by atoms with E-state index in [0.717, 1.165) is 5.57 Å². The van der Waals surface area contributed by atoms with Crippen molar-refractivity contribution < 1.29 is 9.90 Å². The molecule has 0 aliphatic heterocycles. The maximum Gasteiger partial charge on any atom is 0.331 e. The molecule has 0 bridgehead atoms. The number of rotatable bonds is 15. The Morgan fingerprint density at radius 2 is 1.50 bits per heavy atom. The Balaban J connectivity index is 2.95. The van der Waals surface area contributed by atoms with Gasteiger partial charge in [0.2, 0.25) is 0 Å². The minimum atomic E-state index is -0.886. The van der Waals surface area contributed by atoms with Crippen LogP contribution in [0.3, 0.4) is 0 Å². The fourth-order valence-corrected chi connectivity index (χ4v) is 5.08.